The first-order valence-electron chi connectivity index (χ1n) is 11.0. The van der Waals surface area contributed by atoms with E-state index in [1.165, 1.54) is 11.1 Å². The molecule has 29 heavy (non-hydrogen) atoms. The van der Waals surface area contributed by atoms with Gasteiger partial charge in [-0.2, -0.15) is 4.39 Å². The number of rotatable bonds is 8. The second-order valence-corrected chi connectivity index (χ2v) is 7.96. The third kappa shape index (κ3) is 5.68. The van der Waals surface area contributed by atoms with Crippen molar-refractivity contribution >= 4 is 0 Å². The van der Waals surface area contributed by atoms with Gasteiger partial charge in [-0.25, -0.2) is 4.39 Å². The van der Waals surface area contributed by atoms with Gasteiger partial charge in [0, 0.05) is 0 Å². The topological polar surface area (TPSA) is 9.23 Å². The Morgan fingerprint density at radius 3 is 2.24 bits per heavy atom. The second-order valence-electron chi connectivity index (χ2n) is 7.96. The van der Waals surface area contributed by atoms with Gasteiger partial charge in [0.1, 0.15) is 0 Å². The minimum atomic E-state index is -0.849. The highest BCUT2D eigenvalue weighted by molar-refractivity contribution is 5.33. The molecule has 0 heterocycles. The third-order valence-corrected chi connectivity index (χ3v) is 6.03. The molecule has 0 radical (unpaired) electrons. The van der Waals surface area contributed by atoms with Crippen molar-refractivity contribution in [2.45, 2.75) is 64.7 Å². The summed E-state index contributed by atoms with van der Waals surface area (Å²) in [7, 11) is 0. The van der Waals surface area contributed by atoms with Crippen LogP contribution in [0, 0.1) is 17.6 Å². The van der Waals surface area contributed by atoms with Crippen molar-refractivity contribution in [2.24, 2.45) is 5.92 Å². The van der Waals surface area contributed by atoms with E-state index in [0.29, 0.717) is 18.1 Å². The summed E-state index contributed by atoms with van der Waals surface area (Å²) < 4.78 is 33.8. The predicted octanol–water partition coefficient (Wildman–Crippen LogP) is 7.39. The molecule has 0 spiro atoms. The van der Waals surface area contributed by atoms with Crippen LogP contribution >= 0.6 is 0 Å². The maximum absolute atomic E-state index is 14.5. The lowest BCUT2D eigenvalue weighted by Gasteiger charge is -2.27. The molecule has 0 aliphatic heterocycles. The predicted molar refractivity (Wildman–Crippen MR) is 116 cm³/mol. The molecule has 3 heteroatoms. The van der Waals surface area contributed by atoms with Crippen LogP contribution in [0.4, 0.5) is 8.78 Å². The van der Waals surface area contributed by atoms with Crippen molar-refractivity contribution in [1.82, 2.24) is 0 Å². The monoisotopic (exact) mass is 398 g/mol. The second kappa shape index (κ2) is 10.6. The minimum Gasteiger partial charge on any atom is -0.491 e. The van der Waals surface area contributed by atoms with Crippen LogP contribution in [-0.4, -0.2) is 6.61 Å². The normalized spacial score (nSPS) is 19.6. The summed E-state index contributed by atoms with van der Waals surface area (Å²) in [6.45, 7) is 4.27. The van der Waals surface area contributed by atoms with Gasteiger partial charge in [0.05, 0.1) is 6.61 Å². The molecule has 0 atom stereocenters. The molecule has 2 aromatic rings. The van der Waals surface area contributed by atoms with Gasteiger partial charge in [-0.15, -0.1) is 0 Å². The van der Waals surface area contributed by atoms with E-state index in [1.54, 1.807) is 19.1 Å². The van der Waals surface area contributed by atoms with Crippen molar-refractivity contribution < 1.29 is 13.5 Å². The maximum atomic E-state index is 14.5. The van der Waals surface area contributed by atoms with E-state index in [4.69, 9.17) is 4.74 Å². The van der Waals surface area contributed by atoms with Crippen molar-refractivity contribution in [3.8, 4) is 5.75 Å². The Balaban J connectivity index is 1.47. The lowest BCUT2D eigenvalue weighted by Crippen LogP contribution is -2.14. The smallest absolute Gasteiger partial charge is 0.200 e. The summed E-state index contributed by atoms with van der Waals surface area (Å²) in [6, 6.07) is 12.1. The average molecular weight is 399 g/mol. The summed E-state index contributed by atoms with van der Waals surface area (Å²) in [5.41, 5.74) is 3.26. The van der Waals surface area contributed by atoms with Gasteiger partial charge < -0.3 is 4.74 Å². The van der Waals surface area contributed by atoms with Crippen molar-refractivity contribution in [1.29, 1.82) is 0 Å². The zero-order valence-electron chi connectivity index (χ0n) is 17.6. The van der Waals surface area contributed by atoms with Gasteiger partial charge in [0.15, 0.2) is 11.6 Å². The molecule has 1 saturated carbocycles. The third-order valence-electron chi connectivity index (χ3n) is 6.03. The summed E-state index contributed by atoms with van der Waals surface area (Å²) in [6.07, 6.45) is 11.7. The standard InChI is InChI=1S/C26H32F2O/c1-3-19-9-11-20(12-10-19)7-5-6-8-21-13-15-22(16-14-21)23-17-18-24(29-4-2)26(28)25(23)27/h6,8-12,17-18,21-22H,3-5,7,13-16H2,1-2H3/b8-6+. The Morgan fingerprint density at radius 1 is 0.897 bits per heavy atom. The van der Waals surface area contributed by atoms with Crippen molar-refractivity contribution in [3.05, 3.63) is 76.9 Å². The number of hydrogen-bond acceptors (Lipinski definition) is 1. The number of hydrogen-bond donors (Lipinski definition) is 0. The van der Waals surface area contributed by atoms with Crippen LogP contribution in [0.1, 0.15) is 68.6 Å². The molecule has 1 fully saturated rings. The lowest BCUT2D eigenvalue weighted by molar-refractivity contribution is 0.310. The largest absolute Gasteiger partial charge is 0.491 e. The van der Waals surface area contributed by atoms with Gasteiger partial charge in [0.2, 0.25) is 5.82 Å². The Kier molecular flexibility index (Phi) is 7.85. The average Bonchev–Trinajstić information content (AvgIpc) is 2.76. The summed E-state index contributed by atoms with van der Waals surface area (Å²) in [5, 5.41) is 0. The number of halogens is 2. The Bertz CT molecular complexity index is 802. The molecule has 156 valence electrons. The van der Waals surface area contributed by atoms with Crippen LogP contribution in [0.3, 0.4) is 0 Å². The summed E-state index contributed by atoms with van der Waals surface area (Å²) >= 11 is 0. The molecule has 0 N–H and O–H groups in total. The molecule has 1 aliphatic rings. The fraction of sp³-hybridized carbons (Fsp3) is 0.462. The van der Waals surface area contributed by atoms with E-state index in [1.807, 2.05) is 0 Å². The van der Waals surface area contributed by atoms with E-state index in [0.717, 1.165) is 44.9 Å². The lowest BCUT2D eigenvalue weighted by atomic mass is 9.78. The van der Waals surface area contributed by atoms with Gasteiger partial charge in [0.25, 0.3) is 0 Å². The summed E-state index contributed by atoms with van der Waals surface area (Å²) in [4.78, 5) is 0. The number of aryl methyl sites for hydroxylation is 2. The van der Waals surface area contributed by atoms with Crippen LogP contribution in [0.5, 0.6) is 5.75 Å². The van der Waals surface area contributed by atoms with Crippen molar-refractivity contribution in [3.63, 3.8) is 0 Å². The first-order valence-corrected chi connectivity index (χ1v) is 11.0. The SMILES string of the molecule is CCOc1ccc(C2CCC(/C=C/CCc3ccc(CC)cc3)CC2)c(F)c1F. The molecule has 0 amide bonds. The number of benzene rings is 2. The minimum absolute atomic E-state index is 0.00898. The van der Waals surface area contributed by atoms with Crippen LogP contribution in [-0.2, 0) is 12.8 Å². The van der Waals surface area contributed by atoms with Gasteiger partial charge >= 0.3 is 0 Å². The first-order chi connectivity index (χ1) is 14.1. The molecular formula is C26H32F2O. The van der Waals surface area contributed by atoms with E-state index >= 15 is 0 Å². The van der Waals surface area contributed by atoms with Crippen LogP contribution in [0.15, 0.2) is 48.6 Å². The van der Waals surface area contributed by atoms with Gasteiger partial charge in [-0.3, -0.25) is 0 Å². The van der Waals surface area contributed by atoms with Gasteiger partial charge in [-0.1, -0.05) is 49.4 Å². The highest BCUT2D eigenvalue weighted by Crippen LogP contribution is 2.39. The van der Waals surface area contributed by atoms with Crippen LogP contribution in [0.2, 0.25) is 0 Å². The molecule has 0 unspecified atom stereocenters. The molecule has 0 aromatic heterocycles. The van der Waals surface area contributed by atoms with E-state index in [-0.39, 0.29) is 11.7 Å². The molecule has 1 nitrogen and oxygen atoms in total. The van der Waals surface area contributed by atoms with Crippen LogP contribution in [0.25, 0.3) is 0 Å². The highest BCUT2D eigenvalue weighted by atomic mass is 19.2. The maximum Gasteiger partial charge on any atom is 0.200 e. The van der Waals surface area contributed by atoms with E-state index in [9.17, 15) is 8.78 Å². The van der Waals surface area contributed by atoms with E-state index < -0.39 is 11.6 Å². The zero-order chi connectivity index (χ0) is 20.6. The van der Waals surface area contributed by atoms with Crippen LogP contribution < -0.4 is 4.74 Å². The van der Waals surface area contributed by atoms with E-state index in [2.05, 4.69) is 43.3 Å². The van der Waals surface area contributed by atoms with Gasteiger partial charge in [-0.05, 0) is 86.5 Å². The molecular weight excluding hydrogens is 366 g/mol. The molecule has 1 aliphatic carbocycles. The first kappa shape index (κ1) is 21.5. The quantitative estimate of drug-likeness (QED) is 0.421. The molecule has 2 aromatic carbocycles. The number of ether oxygens (including phenoxy) is 1. The fourth-order valence-electron chi connectivity index (χ4n) is 4.23. The Hall–Kier alpha value is -2.16. The Labute approximate surface area is 173 Å². The highest BCUT2D eigenvalue weighted by Gasteiger charge is 2.25. The molecule has 0 bridgehead atoms. The zero-order valence-corrected chi connectivity index (χ0v) is 17.6. The summed E-state index contributed by atoms with van der Waals surface area (Å²) in [5.74, 6) is -0.927. The van der Waals surface area contributed by atoms with Crippen molar-refractivity contribution in [2.75, 3.05) is 6.61 Å². The fourth-order valence-corrected chi connectivity index (χ4v) is 4.23. The Morgan fingerprint density at radius 2 is 1.59 bits per heavy atom. The molecule has 0 saturated heterocycles. The molecule has 3 rings (SSSR count). The number of allylic oxidation sites excluding steroid dienone is 2.